The third-order valence-corrected chi connectivity index (χ3v) is 5.34. The molecule has 0 saturated heterocycles. The van der Waals surface area contributed by atoms with Crippen LogP contribution in [0.2, 0.25) is 0 Å². The number of nitrogens with one attached hydrogen (secondary N) is 2. The van der Waals surface area contributed by atoms with Crippen LogP contribution in [0.15, 0.2) is 77.7 Å². The average Bonchev–Trinajstić information content (AvgIpc) is 2.61. The minimum atomic E-state index is -3.80. The van der Waals surface area contributed by atoms with Gasteiger partial charge in [-0.25, -0.2) is 8.42 Å². The molecule has 0 aliphatic carbocycles. The number of carbonyl (C=O) groups is 1. The zero-order valence-electron chi connectivity index (χ0n) is 13.6. The number of amides is 1. The number of hydrogen-bond donors (Lipinski definition) is 2. The lowest BCUT2D eigenvalue weighted by Gasteiger charge is -2.15. The van der Waals surface area contributed by atoms with Gasteiger partial charge >= 0.3 is 0 Å². The molecule has 0 bridgehead atoms. The highest BCUT2D eigenvalue weighted by Gasteiger charge is 2.22. The first-order valence-corrected chi connectivity index (χ1v) is 9.31. The molecule has 3 aromatic rings. The summed E-state index contributed by atoms with van der Waals surface area (Å²) in [7, 11) is -3.80. The summed E-state index contributed by atoms with van der Waals surface area (Å²) in [5.74, 6) is -0.421. The molecule has 0 aliphatic rings. The Hall–Kier alpha value is -2.70. The Morgan fingerprint density at radius 1 is 0.880 bits per heavy atom. The molecule has 3 aromatic carbocycles. The molecule has 1 atom stereocenters. The molecule has 0 unspecified atom stereocenters. The monoisotopic (exact) mass is 354 g/mol. The van der Waals surface area contributed by atoms with Gasteiger partial charge < -0.3 is 5.32 Å². The fourth-order valence-corrected chi connectivity index (χ4v) is 3.70. The molecular formula is C19H18N2O3S. The molecule has 0 fully saturated rings. The van der Waals surface area contributed by atoms with Gasteiger partial charge in [0, 0.05) is 5.69 Å². The van der Waals surface area contributed by atoms with Gasteiger partial charge in [-0.3, -0.25) is 4.79 Å². The molecule has 0 spiro atoms. The number of fused-ring (bicyclic) bond motifs is 1. The second-order valence-electron chi connectivity index (χ2n) is 5.71. The van der Waals surface area contributed by atoms with Crippen LogP contribution >= 0.6 is 0 Å². The predicted octanol–water partition coefficient (Wildman–Crippen LogP) is 3.15. The molecule has 2 N–H and O–H groups in total. The summed E-state index contributed by atoms with van der Waals surface area (Å²) < 4.78 is 27.5. The number of anilines is 1. The van der Waals surface area contributed by atoms with E-state index in [2.05, 4.69) is 10.0 Å². The van der Waals surface area contributed by atoms with E-state index < -0.39 is 22.0 Å². The number of para-hydroxylation sites is 1. The van der Waals surface area contributed by atoms with Crippen LogP contribution in [-0.2, 0) is 14.8 Å². The summed E-state index contributed by atoms with van der Waals surface area (Å²) >= 11 is 0. The average molecular weight is 354 g/mol. The van der Waals surface area contributed by atoms with Crippen LogP contribution in [0.3, 0.4) is 0 Å². The quantitative estimate of drug-likeness (QED) is 0.739. The van der Waals surface area contributed by atoms with Crippen LogP contribution in [-0.4, -0.2) is 20.4 Å². The minimum Gasteiger partial charge on any atom is -0.325 e. The van der Waals surface area contributed by atoms with Crippen molar-refractivity contribution < 1.29 is 13.2 Å². The summed E-state index contributed by atoms with van der Waals surface area (Å²) in [6.07, 6.45) is 0. The molecule has 0 heterocycles. The summed E-state index contributed by atoms with van der Waals surface area (Å²) in [6, 6.07) is 20.4. The molecule has 25 heavy (non-hydrogen) atoms. The molecule has 5 nitrogen and oxygen atoms in total. The standard InChI is InChI=1S/C19H18N2O3S/c1-14(19(22)20-17-9-3-2-4-10-17)21-25(23,24)18-12-11-15-7-5-6-8-16(15)13-18/h2-14,21H,1H3,(H,20,22)/t14-/m1/s1. The van der Waals surface area contributed by atoms with Crippen molar-refractivity contribution in [3.8, 4) is 0 Å². The molecule has 0 aromatic heterocycles. The van der Waals surface area contributed by atoms with Crippen molar-refractivity contribution in [3.05, 3.63) is 72.8 Å². The molecule has 1 amide bonds. The van der Waals surface area contributed by atoms with Crippen molar-refractivity contribution in [2.45, 2.75) is 17.9 Å². The fourth-order valence-electron chi connectivity index (χ4n) is 2.46. The van der Waals surface area contributed by atoms with Gasteiger partial charge in [0.1, 0.15) is 0 Å². The SMILES string of the molecule is C[C@@H](NS(=O)(=O)c1ccc2ccccc2c1)C(=O)Nc1ccccc1. The lowest BCUT2D eigenvalue weighted by atomic mass is 10.1. The van der Waals surface area contributed by atoms with E-state index in [-0.39, 0.29) is 4.90 Å². The Morgan fingerprint density at radius 2 is 1.52 bits per heavy atom. The van der Waals surface area contributed by atoms with Gasteiger partial charge in [0.15, 0.2) is 0 Å². The fraction of sp³-hybridized carbons (Fsp3) is 0.105. The van der Waals surface area contributed by atoms with E-state index in [9.17, 15) is 13.2 Å². The van der Waals surface area contributed by atoms with Crippen molar-refractivity contribution in [1.29, 1.82) is 0 Å². The normalized spacial score (nSPS) is 12.7. The lowest BCUT2D eigenvalue weighted by Crippen LogP contribution is -2.41. The number of rotatable bonds is 5. The van der Waals surface area contributed by atoms with Crippen LogP contribution in [0.1, 0.15) is 6.92 Å². The Balaban J connectivity index is 1.76. The van der Waals surface area contributed by atoms with E-state index in [1.807, 2.05) is 30.3 Å². The smallest absolute Gasteiger partial charge is 0.242 e. The minimum absolute atomic E-state index is 0.130. The van der Waals surface area contributed by atoms with Gasteiger partial charge in [-0.05, 0) is 42.0 Å². The summed E-state index contributed by atoms with van der Waals surface area (Å²) in [5, 5.41) is 4.46. The summed E-state index contributed by atoms with van der Waals surface area (Å²) in [4.78, 5) is 12.3. The molecule has 6 heteroatoms. The maximum Gasteiger partial charge on any atom is 0.242 e. The van der Waals surface area contributed by atoms with Crippen molar-refractivity contribution in [2.24, 2.45) is 0 Å². The first-order chi connectivity index (χ1) is 12.0. The number of sulfonamides is 1. The largest absolute Gasteiger partial charge is 0.325 e. The third-order valence-electron chi connectivity index (χ3n) is 3.80. The second kappa shape index (κ2) is 7.04. The number of carbonyl (C=O) groups excluding carboxylic acids is 1. The van der Waals surface area contributed by atoms with Crippen LogP contribution in [0.4, 0.5) is 5.69 Å². The summed E-state index contributed by atoms with van der Waals surface area (Å²) in [5.41, 5.74) is 0.615. The van der Waals surface area contributed by atoms with Crippen LogP contribution < -0.4 is 10.0 Å². The maximum absolute atomic E-state index is 12.6. The van der Waals surface area contributed by atoms with Crippen LogP contribution in [0.5, 0.6) is 0 Å². The lowest BCUT2D eigenvalue weighted by molar-refractivity contribution is -0.117. The predicted molar refractivity (Wildman–Crippen MR) is 98.8 cm³/mol. The molecule has 0 saturated carbocycles. The zero-order valence-corrected chi connectivity index (χ0v) is 14.5. The van der Waals surface area contributed by atoms with Gasteiger partial charge in [0.2, 0.25) is 15.9 Å². The first-order valence-electron chi connectivity index (χ1n) is 7.83. The topological polar surface area (TPSA) is 75.3 Å². The molecule has 128 valence electrons. The molecule has 3 rings (SSSR count). The second-order valence-corrected chi connectivity index (χ2v) is 7.42. The van der Waals surface area contributed by atoms with Crippen molar-refractivity contribution in [1.82, 2.24) is 4.72 Å². The van der Waals surface area contributed by atoms with Gasteiger partial charge in [0.05, 0.1) is 10.9 Å². The van der Waals surface area contributed by atoms with E-state index in [1.54, 1.807) is 36.4 Å². The Kier molecular flexibility index (Phi) is 4.83. The van der Waals surface area contributed by atoms with E-state index in [4.69, 9.17) is 0 Å². The molecule has 0 radical (unpaired) electrons. The molecule has 0 aliphatic heterocycles. The number of hydrogen-bond acceptors (Lipinski definition) is 3. The van der Waals surface area contributed by atoms with Gasteiger partial charge in [-0.15, -0.1) is 0 Å². The van der Waals surface area contributed by atoms with Gasteiger partial charge in [0.25, 0.3) is 0 Å². The Bertz CT molecular complexity index is 1000. The van der Waals surface area contributed by atoms with Crippen molar-refractivity contribution >= 4 is 32.4 Å². The molecular weight excluding hydrogens is 336 g/mol. The first kappa shape index (κ1) is 17.1. The van der Waals surface area contributed by atoms with E-state index in [0.717, 1.165) is 10.8 Å². The van der Waals surface area contributed by atoms with Gasteiger partial charge in [-0.1, -0.05) is 48.5 Å². The van der Waals surface area contributed by atoms with Crippen molar-refractivity contribution in [3.63, 3.8) is 0 Å². The van der Waals surface area contributed by atoms with Crippen LogP contribution in [0, 0.1) is 0 Å². The van der Waals surface area contributed by atoms with Gasteiger partial charge in [-0.2, -0.15) is 4.72 Å². The maximum atomic E-state index is 12.6. The zero-order chi connectivity index (χ0) is 17.9. The van der Waals surface area contributed by atoms with Crippen LogP contribution in [0.25, 0.3) is 10.8 Å². The number of benzene rings is 3. The highest BCUT2D eigenvalue weighted by Crippen LogP contribution is 2.19. The van der Waals surface area contributed by atoms with E-state index in [1.165, 1.54) is 13.0 Å². The summed E-state index contributed by atoms with van der Waals surface area (Å²) in [6.45, 7) is 1.51. The Labute approximate surface area is 146 Å². The van der Waals surface area contributed by atoms with E-state index in [0.29, 0.717) is 5.69 Å². The Morgan fingerprint density at radius 3 is 2.24 bits per heavy atom. The third kappa shape index (κ3) is 4.04. The van der Waals surface area contributed by atoms with E-state index >= 15 is 0 Å². The highest BCUT2D eigenvalue weighted by molar-refractivity contribution is 7.89. The van der Waals surface area contributed by atoms with Crippen molar-refractivity contribution in [2.75, 3.05) is 5.32 Å². The highest BCUT2D eigenvalue weighted by atomic mass is 32.2.